The summed E-state index contributed by atoms with van der Waals surface area (Å²) in [5.41, 5.74) is 7.08. The van der Waals surface area contributed by atoms with Crippen molar-refractivity contribution >= 4 is 24.1 Å². The summed E-state index contributed by atoms with van der Waals surface area (Å²) < 4.78 is 37.1. The van der Waals surface area contributed by atoms with Crippen LogP contribution in [-0.2, 0) is 26.1 Å². The predicted molar refractivity (Wildman–Crippen MR) is 194 cm³/mol. The van der Waals surface area contributed by atoms with E-state index < -0.39 is 48.2 Å². The van der Waals surface area contributed by atoms with Crippen molar-refractivity contribution in [3.8, 4) is 11.5 Å². The van der Waals surface area contributed by atoms with Crippen LogP contribution in [0.5, 0.6) is 0 Å². The van der Waals surface area contributed by atoms with Crippen LogP contribution in [0.2, 0.25) is 19.6 Å². The molecule has 3 rings (SSSR count). The van der Waals surface area contributed by atoms with Crippen LogP contribution in [0, 0.1) is 38.2 Å². The summed E-state index contributed by atoms with van der Waals surface area (Å²) in [5, 5.41) is 11.2. The number of hydrogen-bond donors (Lipinski definition) is 1. The molecule has 0 saturated heterocycles. The molecule has 0 unspecified atom stereocenters. The van der Waals surface area contributed by atoms with Crippen molar-refractivity contribution in [3.63, 3.8) is 0 Å². The fraction of sp³-hybridized carbons (Fsp3) is 0.410. The Balaban J connectivity index is 2.06. The molecule has 0 amide bonds. The molecular formula is C39H51NO5SSi. The lowest BCUT2D eigenvalue weighted by Crippen LogP contribution is -2.44. The SMILES string of the molecule is C=CCC[C@H](C(=O)O[C@@H](c1ccccc1)[C@@H](C)N(Cc1ccccc1)S(=O)(=O)c1c(C)cc(C)cc1C)[C@@H](O)CCC#C[Si](C)(C)C. The summed E-state index contributed by atoms with van der Waals surface area (Å²) in [6, 6.07) is 21.6. The van der Waals surface area contributed by atoms with Gasteiger partial charge in [0.2, 0.25) is 10.0 Å². The van der Waals surface area contributed by atoms with Gasteiger partial charge in [0.25, 0.3) is 0 Å². The third-order valence-corrected chi connectivity index (χ3v) is 11.3. The van der Waals surface area contributed by atoms with Gasteiger partial charge in [-0.25, -0.2) is 8.42 Å². The van der Waals surface area contributed by atoms with Gasteiger partial charge in [0.1, 0.15) is 14.2 Å². The molecule has 0 aliphatic rings. The molecule has 0 spiro atoms. The Bertz CT molecular complexity index is 1630. The van der Waals surface area contributed by atoms with Gasteiger partial charge in [-0.15, -0.1) is 18.0 Å². The van der Waals surface area contributed by atoms with E-state index in [1.54, 1.807) is 13.0 Å². The first-order valence-corrected chi connectivity index (χ1v) is 21.3. The molecule has 0 radical (unpaired) electrons. The third kappa shape index (κ3) is 10.8. The van der Waals surface area contributed by atoms with E-state index in [9.17, 15) is 18.3 Å². The minimum absolute atomic E-state index is 0.0796. The summed E-state index contributed by atoms with van der Waals surface area (Å²) in [6.07, 6.45) is 1.49. The molecule has 0 bridgehead atoms. The molecule has 0 aliphatic carbocycles. The molecule has 0 heterocycles. The maximum absolute atomic E-state index is 14.7. The fourth-order valence-corrected chi connectivity index (χ4v) is 8.56. The highest BCUT2D eigenvalue weighted by molar-refractivity contribution is 7.89. The molecule has 47 heavy (non-hydrogen) atoms. The standard InChI is InChI=1S/C39H51NO5SSi/c1-9-10-23-35(36(41)24-17-18-25-47(6,7)8)39(42)45-37(34-21-15-12-16-22-34)32(5)40(28-33-19-13-11-14-20-33)46(43,44)38-30(3)26-29(2)27-31(38)4/h9,11-16,19-22,26-27,32,35-37,41H,1,10,17,23-24,28H2,2-8H3/t32-,35+,36+,37-/m1/s1. The predicted octanol–water partition coefficient (Wildman–Crippen LogP) is 8.08. The van der Waals surface area contributed by atoms with Crippen LogP contribution in [0.3, 0.4) is 0 Å². The number of aliphatic hydroxyl groups is 1. The highest BCUT2D eigenvalue weighted by Gasteiger charge is 2.39. The van der Waals surface area contributed by atoms with Crippen molar-refractivity contribution in [3.05, 3.63) is 113 Å². The topological polar surface area (TPSA) is 83.9 Å². The number of ether oxygens (including phenoxy) is 1. The van der Waals surface area contributed by atoms with Crippen LogP contribution in [0.4, 0.5) is 0 Å². The van der Waals surface area contributed by atoms with E-state index in [0.717, 1.165) is 11.1 Å². The maximum Gasteiger partial charge on any atom is 0.312 e. The van der Waals surface area contributed by atoms with Crippen molar-refractivity contribution in [1.29, 1.82) is 0 Å². The zero-order chi connectivity index (χ0) is 34.8. The van der Waals surface area contributed by atoms with Crippen molar-refractivity contribution in [1.82, 2.24) is 4.31 Å². The Morgan fingerprint density at radius 1 is 0.979 bits per heavy atom. The molecule has 0 saturated carbocycles. The van der Waals surface area contributed by atoms with E-state index >= 15 is 0 Å². The van der Waals surface area contributed by atoms with Gasteiger partial charge >= 0.3 is 5.97 Å². The number of sulfonamides is 1. The first-order valence-electron chi connectivity index (χ1n) is 16.3. The van der Waals surface area contributed by atoms with Crippen LogP contribution in [-0.4, -0.2) is 44.0 Å². The fourth-order valence-electron chi connectivity index (χ4n) is 5.87. The number of aliphatic hydroxyl groups excluding tert-OH is 1. The van der Waals surface area contributed by atoms with Crippen LogP contribution in [0.1, 0.15) is 66.5 Å². The van der Waals surface area contributed by atoms with E-state index in [0.29, 0.717) is 42.4 Å². The number of carbonyl (C=O) groups is 1. The van der Waals surface area contributed by atoms with Crippen LogP contribution >= 0.6 is 0 Å². The van der Waals surface area contributed by atoms with Gasteiger partial charge in [-0.3, -0.25) is 4.79 Å². The highest BCUT2D eigenvalue weighted by Crippen LogP contribution is 2.34. The van der Waals surface area contributed by atoms with Crippen molar-refractivity contribution in [2.75, 3.05) is 0 Å². The summed E-state index contributed by atoms with van der Waals surface area (Å²) in [4.78, 5) is 14.3. The maximum atomic E-state index is 14.7. The normalized spacial score (nSPS) is 14.4. The molecule has 6 nitrogen and oxygen atoms in total. The van der Waals surface area contributed by atoms with Gasteiger partial charge in [-0.05, 0) is 69.2 Å². The second-order valence-corrected chi connectivity index (χ2v) is 20.0. The zero-order valence-electron chi connectivity index (χ0n) is 29.0. The lowest BCUT2D eigenvalue weighted by molar-refractivity contribution is -0.161. The summed E-state index contributed by atoms with van der Waals surface area (Å²) >= 11 is 0. The number of aryl methyl sites for hydroxylation is 3. The smallest absolute Gasteiger partial charge is 0.312 e. The molecule has 8 heteroatoms. The Labute approximate surface area is 283 Å². The van der Waals surface area contributed by atoms with Crippen LogP contribution < -0.4 is 0 Å². The third-order valence-electron chi connectivity index (χ3n) is 8.09. The minimum atomic E-state index is -4.08. The van der Waals surface area contributed by atoms with E-state index in [-0.39, 0.29) is 11.4 Å². The van der Waals surface area contributed by atoms with Crippen molar-refractivity contribution in [2.24, 2.45) is 5.92 Å². The summed E-state index contributed by atoms with van der Waals surface area (Å²) in [7, 11) is -5.64. The molecule has 3 aromatic carbocycles. The number of allylic oxidation sites excluding steroid dienone is 1. The molecule has 0 fully saturated rings. The van der Waals surface area contributed by atoms with Gasteiger partial charge in [0.15, 0.2) is 0 Å². The second-order valence-electron chi connectivity index (χ2n) is 13.4. The largest absolute Gasteiger partial charge is 0.455 e. The Hall–Kier alpha value is -3.48. The van der Waals surface area contributed by atoms with Crippen molar-refractivity contribution in [2.45, 2.75) is 103 Å². The monoisotopic (exact) mass is 673 g/mol. The van der Waals surface area contributed by atoms with E-state index in [1.165, 1.54) is 4.31 Å². The quantitative estimate of drug-likeness (QED) is 0.0764. The number of carbonyl (C=O) groups excluding carboxylic acids is 1. The van der Waals surface area contributed by atoms with Gasteiger partial charge in [-0.2, -0.15) is 4.31 Å². The van der Waals surface area contributed by atoms with Gasteiger partial charge in [0, 0.05) is 13.0 Å². The highest BCUT2D eigenvalue weighted by atomic mass is 32.2. The number of rotatable bonds is 15. The minimum Gasteiger partial charge on any atom is -0.455 e. The van der Waals surface area contributed by atoms with Crippen LogP contribution in [0.25, 0.3) is 0 Å². The molecule has 0 aromatic heterocycles. The van der Waals surface area contributed by atoms with Crippen LogP contribution in [0.15, 0.2) is 90.3 Å². The van der Waals surface area contributed by atoms with Gasteiger partial charge in [-0.1, -0.05) is 104 Å². The summed E-state index contributed by atoms with van der Waals surface area (Å²) in [5.74, 6) is 1.79. The Morgan fingerprint density at radius 3 is 2.11 bits per heavy atom. The number of nitrogens with zero attached hydrogens (tertiary/aromatic N) is 1. The van der Waals surface area contributed by atoms with Gasteiger partial charge < -0.3 is 9.84 Å². The number of esters is 1. The summed E-state index contributed by atoms with van der Waals surface area (Å²) in [6.45, 7) is 17.7. The average molecular weight is 674 g/mol. The lowest BCUT2D eigenvalue weighted by atomic mass is 9.93. The Morgan fingerprint density at radius 2 is 1.55 bits per heavy atom. The molecule has 1 N–H and O–H groups in total. The first kappa shape index (κ1) is 38.0. The average Bonchev–Trinajstić information content (AvgIpc) is 3.00. The molecule has 3 aromatic rings. The van der Waals surface area contributed by atoms with Crippen molar-refractivity contribution < 1.29 is 23.1 Å². The Kier molecular flexibility index (Phi) is 13.8. The lowest BCUT2D eigenvalue weighted by Gasteiger charge is -2.35. The van der Waals surface area contributed by atoms with E-state index in [4.69, 9.17) is 4.74 Å². The molecular weight excluding hydrogens is 623 g/mol. The van der Waals surface area contributed by atoms with E-state index in [2.05, 4.69) is 37.7 Å². The second kappa shape index (κ2) is 17.1. The van der Waals surface area contributed by atoms with Gasteiger partial charge in [0.05, 0.1) is 23.0 Å². The molecule has 252 valence electrons. The zero-order valence-corrected chi connectivity index (χ0v) is 30.8. The molecule has 4 atom stereocenters. The first-order chi connectivity index (χ1) is 22.2. The molecule has 0 aliphatic heterocycles. The van der Waals surface area contributed by atoms with E-state index in [1.807, 2.05) is 93.6 Å². The number of hydrogen-bond acceptors (Lipinski definition) is 5. The number of benzene rings is 3.